The molecule has 0 aliphatic rings. The Labute approximate surface area is 118 Å². The van der Waals surface area contributed by atoms with Gasteiger partial charge in [0.15, 0.2) is 0 Å². The van der Waals surface area contributed by atoms with E-state index in [0.717, 1.165) is 23.6 Å². The standard InChI is InChI=1S/C14H20N4O2/c1-5-11-12(9-17(3)16-11)15-14(19)18(4)10(2)13-7-6-8-20-13/h6-10H,5H2,1-4H3,(H,15,19)/t10-/m0/s1. The Morgan fingerprint density at radius 2 is 2.35 bits per heavy atom. The molecule has 0 saturated carbocycles. The van der Waals surface area contributed by atoms with E-state index in [-0.39, 0.29) is 12.1 Å². The van der Waals surface area contributed by atoms with Gasteiger partial charge >= 0.3 is 6.03 Å². The number of nitrogens with zero attached hydrogens (tertiary/aromatic N) is 3. The Bertz CT molecular complexity index is 574. The molecule has 2 rings (SSSR count). The number of carbonyl (C=O) groups is 1. The zero-order valence-corrected chi connectivity index (χ0v) is 12.3. The Morgan fingerprint density at radius 1 is 1.60 bits per heavy atom. The summed E-state index contributed by atoms with van der Waals surface area (Å²) >= 11 is 0. The Hall–Kier alpha value is -2.24. The highest BCUT2D eigenvalue weighted by molar-refractivity contribution is 5.89. The summed E-state index contributed by atoms with van der Waals surface area (Å²) in [5, 5.41) is 7.19. The number of furan rings is 1. The number of hydrogen-bond acceptors (Lipinski definition) is 3. The van der Waals surface area contributed by atoms with Crippen molar-refractivity contribution < 1.29 is 9.21 Å². The molecule has 0 aliphatic carbocycles. The fraction of sp³-hybridized carbons (Fsp3) is 0.429. The molecule has 0 saturated heterocycles. The second kappa shape index (κ2) is 5.81. The number of aromatic nitrogens is 2. The molecule has 6 nitrogen and oxygen atoms in total. The van der Waals surface area contributed by atoms with Crippen molar-refractivity contribution in [2.24, 2.45) is 7.05 Å². The smallest absolute Gasteiger partial charge is 0.322 e. The molecule has 0 bridgehead atoms. The summed E-state index contributed by atoms with van der Waals surface area (Å²) in [6.45, 7) is 3.93. The van der Waals surface area contributed by atoms with Crippen LogP contribution in [0.15, 0.2) is 29.0 Å². The normalized spacial score (nSPS) is 12.2. The van der Waals surface area contributed by atoms with Gasteiger partial charge in [0.2, 0.25) is 0 Å². The van der Waals surface area contributed by atoms with Gasteiger partial charge in [-0.3, -0.25) is 4.68 Å². The Morgan fingerprint density at radius 3 is 2.95 bits per heavy atom. The van der Waals surface area contributed by atoms with Crippen LogP contribution in [0, 0.1) is 0 Å². The average molecular weight is 276 g/mol. The minimum atomic E-state index is -0.184. The highest BCUT2D eigenvalue weighted by Gasteiger charge is 2.20. The van der Waals surface area contributed by atoms with Crippen molar-refractivity contribution >= 4 is 11.7 Å². The lowest BCUT2D eigenvalue weighted by Gasteiger charge is -2.23. The predicted molar refractivity (Wildman–Crippen MR) is 76.5 cm³/mol. The largest absolute Gasteiger partial charge is 0.467 e. The van der Waals surface area contributed by atoms with Crippen LogP contribution in [0.2, 0.25) is 0 Å². The van der Waals surface area contributed by atoms with E-state index < -0.39 is 0 Å². The first kappa shape index (κ1) is 14.2. The van der Waals surface area contributed by atoms with E-state index in [9.17, 15) is 4.79 Å². The fourth-order valence-corrected chi connectivity index (χ4v) is 2.00. The minimum absolute atomic E-state index is 0.133. The van der Waals surface area contributed by atoms with Gasteiger partial charge in [-0.05, 0) is 25.5 Å². The number of nitrogens with one attached hydrogen (secondary N) is 1. The van der Waals surface area contributed by atoms with E-state index in [4.69, 9.17) is 4.42 Å². The van der Waals surface area contributed by atoms with Gasteiger partial charge in [0.1, 0.15) is 5.76 Å². The summed E-state index contributed by atoms with van der Waals surface area (Å²) in [5.74, 6) is 0.754. The van der Waals surface area contributed by atoms with E-state index in [0.29, 0.717) is 0 Å². The number of hydrogen-bond donors (Lipinski definition) is 1. The van der Waals surface area contributed by atoms with Gasteiger partial charge in [-0.2, -0.15) is 5.10 Å². The second-order valence-corrected chi connectivity index (χ2v) is 4.75. The van der Waals surface area contributed by atoms with Crippen molar-refractivity contribution in [3.05, 3.63) is 36.0 Å². The van der Waals surface area contributed by atoms with Crippen LogP contribution in [0.1, 0.15) is 31.3 Å². The molecule has 0 fully saturated rings. The van der Waals surface area contributed by atoms with Crippen LogP contribution < -0.4 is 5.32 Å². The first-order valence-electron chi connectivity index (χ1n) is 6.62. The molecule has 1 N–H and O–H groups in total. The van der Waals surface area contributed by atoms with Gasteiger partial charge in [-0.1, -0.05) is 6.92 Å². The van der Waals surface area contributed by atoms with Crippen LogP contribution in [-0.4, -0.2) is 27.8 Å². The monoisotopic (exact) mass is 276 g/mol. The van der Waals surface area contributed by atoms with Crippen LogP contribution in [0.4, 0.5) is 10.5 Å². The maximum Gasteiger partial charge on any atom is 0.322 e. The molecule has 6 heteroatoms. The van der Waals surface area contributed by atoms with Gasteiger partial charge in [0.05, 0.1) is 23.7 Å². The van der Waals surface area contributed by atoms with Crippen LogP contribution in [0.25, 0.3) is 0 Å². The molecule has 2 aromatic heterocycles. The molecule has 0 aromatic carbocycles. The van der Waals surface area contributed by atoms with Crippen molar-refractivity contribution in [1.29, 1.82) is 0 Å². The van der Waals surface area contributed by atoms with E-state index >= 15 is 0 Å². The van der Waals surface area contributed by atoms with Gasteiger partial charge in [0.25, 0.3) is 0 Å². The summed E-state index contributed by atoms with van der Waals surface area (Å²) in [5.41, 5.74) is 1.62. The molecule has 2 aromatic rings. The summed E-state index contributed by atoms with van der Waals surface area (Å²) in [7, 11) is 3.58. The molecule has 1 atom stereocenters. The molecular weight excluding hydrogens is 256 g/mol. The fourth-order valence-electron chi connectivity index (χ4n) is 2.00. The molecule has 108 valence electrons. The van der Waals surface area contributed by atoms with Gasteiger partial charge < -0.3 is 14.6 Å². The van der Waals surface area contributed by atoms with Gasteiger partial charge in [-0.15, -0.1) is 0 Å². The minimum Gasteiger partial charge on any atom is -0.467 e. The number of amides is 2. The van der Waals surface area contributed by atoms with Crippen molar-refractivity contribution in [2.45, 2.75) is 26.3 Å². The number of aryl methyl sites for hydroxylation is 2. The van der Waals surface area contributed by atoms with Crippen LogP contribution in [-0.2, 0) is 13.5 Å². The summed E-state index contributed by atoms with van der Waals surface area (Å²) < 4.78 is 7.03. The third-order valence-electron chi connectivity index (χ3n) is 3.34. The summed E-state index contributed by atoms with van der Waals surface area (Å²) in [6.07, 6.45) is 4.18. The van der Waals surface area contributed by atoms with Crippen molar-refractivity contribution in [3.8, 4) is 0 Å². The highest BCUT2D eigenvalue weighted by atomic mass is 16.3. The van der Waals surface area contributed by atoms with E-state index in [1.54, 1.807) is 22.9 Å². The molecule has 0 radical (unpaired) electrons. The maximum absolute atomic E-state index is 12.3. The third kappa shape index (κ3) is 2.84. The van der Waals surface area contributed by atoms with Gasteiger partial charge in [0, 0.05) is 20.3 Å². The molecule has 0 aliphatic heterocycles. The number of anilines is 1. The second-order valence-electron chi connectivity index (χ2n) is 4.75. The van der Waals surface area contributed by atoms with Crippen LogP contribution >= 0.6 is 0 Å². The average Bonchev–Trinajstić information content (AvgIpc) is 3.06. The topological polar surface area (TPSA) is 63.3 Å². The quantitative estimate of drug-likeness (QED) is 0.934. The number of rotatable bonds is 4. The molecular formula is C14H20N4O2. The lowest BCUT2D eigenvalue weighted by atomic mass is 10.2. The number of carbonyl (C=O) groups excluding carboxylic acids is 1. The molecule has 2 amide bonds. The number of urea groups is 1. The van der Waals surface area contributed by atoms with Gasteiger partial charge in [-0.25, -0.2) is 4.79 Å². The Balaban J connectivity index is 2.07. The first-order valence-corrected chi connectivity index (χ1v) is 6.62. The highest BCUT2D eigenvalue weighted by Crippen LogP contribution is 2.21. The van der Waals surface area contributed by atoms with Crippen molar-refractivity contribution in [3.63, 3.8) is 0 Å². The molecule has 20 heavy (non-hydrogen) atoms. The lowest BCUT2D eigenvalue weighted by molar-refractivity contribution is 0.201. The lowest BCUT2D eigenvalue weighted by Crippen LogP contribution is -2.33. The van der Waals surface area contributed by atoms with Crippen LogP contribution in [0.3, 0.4) is 0 Å². The first-order chi connectivity index (χ1) is 9.52. The van der Waals surface area contributed by atoms with E-state index in [1.807, 2.05) is 39.2 Å². The van der Waals surface area contributed by atoms with Crippen molar-refractivity contribution in [1.82, 2.24) is 14.7 Å². The zero-order valence-electron chi connectivity index (χ0n) is 12.3. The molecule has 0 spiro atoms. The third-order valence-corrected chi connectivity index (χ3v) is 3.34. The summed E-state index contributed by atoms with van der Waals surface area (Å²) in [6, 6.07) is 3.35. The van der Waals surface area contributed by atoms with Crippen LogP contribution in [0.5, 0.6) is 0 Å². The predicted octanol–water partition coefficient (Wildman–Crippen LogP) is 2.80. The molecule has 0 unspecified atom stereocenters. The van der Waals surface area contributed by atoms with E-state index in [1.165, 1.54) is 0 Å². The van der Waals surface area contributed by atoms with Crippen molar-refractivity contribution in [2.75, 3.05) is 12.4 Å². The SMILES string of the molecule is CCc1nn(C)cc1NC(=O)N(C)[C@@H](C)c1ccco1. The maximum atomic E-state index is 12.3. The zero-order chi connectivity index (χ0) is 14.7. The summed E-state index contributed by atoms with van der Waals surface area (Å²) in [4.78, 5) is 13.9. The Kier molecular flexibility index (Phi) is 4.12. The van der Waals surface area contributed by atoms with E-state index in [2.05, 4.69) is 10.4 Å². The molecule has 2 heterocycles.